The van der Waals surface area contributed by atoms with Gasteiger partial charge in [-0.3, -0.25) is 4.90 Å². The second-order valence-corrected chi connectivity index (χ2v) is 7.83. The third-order valence-electron chi connectivity index (χ3n) is 4.17. The first-order valence-corrected chi connectivity index (χ1v) is 8.34. The van der Waals surface area contributed by atoms with Gasteiger partial charge in [0, 0.05) is 19.6 Å². The molecule has 1 aromatic rings. The summed E-state index contributed by atoms with van der Waals surface area (Å²) in [5.74, 6) is 0.764. The normalized spacial score (nSPS) is 31.1. The van der Waals surface area contributed by atoms with Gasteiger partial charge in [-0.1, -0.05) is 30.3 Å². The summed E-state index contributed by atoms with van der Waals surface area (Å²) in [6, 6.07) is 10.3. The van der Waals surface area contributed by atoms with Crippen molar-refractivity contribution in [3.05, 3.63) is 35.9 Å². The van der Waals surface area contributed by atoms with Gasteiger partial charge in [0.1, 0.15) is 0 Å². The van der Waals surface area contributed by atoms with Crippen molar-refractivity contribution in [1.29, 1.82) is 0 Å². The van der Waals surface area contributed by atoms with Crippen LogP contribution in [0.5, 0.6) is 0 Å². The summed E-state index contributed by atoms with van der Waals surface area (Å²) in [5.41, 5.74) is 1.27. The molecule has 2 heterocycles. The largest absolute Gasteiger partial charge is 0.297 e. The van der Waals surface area contributed by atoms with Gasteiger partial charge in [0.2, 0.25) is 0 Å². The van der Waals surface area contributed by atoms with Crippen molar-refractivity contribution < 1.29 is 8.42 Å². The van der Waals surface area contributed by atoms with Gasteiger partial charge in [0.15, 0.2) is 9.84 Å². The Hall–Kier alpha value is -0.870. The van der Waals surface area contributed by atoms with Crippen LogP contribution in [-0.2, 0) is 16.4 Å². The van der Waals surface area contributed by atoms with Gasteiger partial charge in [-0.25, -0.2) is 8.42 Å². The summed E-state index contributed by atoms with van der Waals surface area (Å²) in [5, 5.41) is -0.102. The van der Waals surface area contributed by atoms with Crippen molar-refractivity contribution in [3.63, 3.8) is 0 Å². The molecule has 3 nitrogen and oxygen atoms in total. The SMILES string of the molecule is O=S1(=O)CCC[C@@H]2CN(Cc3ccccc3)C[C@@H]21. The van der Waals surface area contributed by atoms with Crippen LogP contribution in [0.15, 0.2) is 30.3 Å². The van der Waals surface area contributed by atoms with E-state index in [1.807, 2.05) is 18.2 Å². The summed E-state index contributed by atoms with van der Waals surface area (Å²) in [6.07, 6.45) is 1.93. The number of likely N-dealkylation sites (tertiary alicyclic amines) is 1. The van der Waals surface area contributed by atoms with E-state index in [-0.39, 0.29) is 5.25 Å². The van der Waals surface area contributed by atoms with Gasteiger partial charge in [-0.2, -0.15) is 0 Å². The molecule has 2 atom stereocenters. The van der Waals surface area contributed by atoms with Crippen LogP contribution in [0.25, 0.3) is 0 Å². The molecule has 2 fully saturated rings. The molecular formula is C14H19NO2S. The zero-order valence-electron chi connectivity index (χ0n) is 10.5. The summed E-state index contributed by atoms with van der Waals surface area (Å²) >= 11 is 0. The van der Waals surface area contributed by atoms with Crippen LogP contribution in [0.4, 0.5) is 0 Å². The van der Waals surface area contributed by atoms with Crippen LogP contribution in [0, 0.1) is 5.92 Å². The fraction of sp³-hybridized carbons (Fsp3) is 0.571. The molecule has 0 spiro atoms. The molecule has 0 bridgehead atoms. The minimum Gasteiger partial charge on any atom is -0.297 e. The smallest absolute Gasteiger partial charge is 0.154 e. The molecule has 0 N–H and O–H groups in total. The van der Waals surface area contributed by atoms with E-state index >= 15 is 0 Å². The van der Waals surface area contributed by atoms with E-state index in [2.05, 4.69) is 17.0 Å². The monoisotopic (exact) mass is 265 g/mol. The summed E-state index contributed by atoms with van der Waals surface area (Å²) in [7, 11) is -2.83. The van der Waals surface area contributed by atoms with Crippen molar-refractivity contribution >= 4 is 9.84 Å². The maximum atomic E-state index is 12.0. The molecule has 2 saturated heterocycles. The zero-order chi connectivity index (χ0) is 12.6. The molecule has 0 saturated carbocycles. The molecular weight excluding hydrogens is 246 g/mol. The molecule has 0 amide bonds. The number of sulfone groups is 1. The minimum absolute atomic E-state index is 0.102. The van der Waals surface area contributed by atoms with Crippen molar-refractivity contribution in [2.75, 3.05) is 18.8 Å². The van der Waals surface area contributed by atoms with Gasteiger partial charge in [-0.05, 0) is 24.3 Å². The Kier molecular flexibility index (Phi) is 3.16. The van der Waals surface area contributed by atoms with E-state index in [1.54, 1.807) is 0 Å². The molecule has 4 heteroatoms. The maximum absolute atomic E-state index is 12.0. The highest BCUT2D eigenvalue weighted by Gasteiger charge is 2.43. The predicted molar refractivity (Wildman–Crippen MR) is 72.0 cm³/mol. The van der Waals surface area contributed by atoms with Crippen LogP contribution in [0.3, 0.4) is 0 Å². The van der Waals surface area contributed by atoms with Crippen molar-refractivity contribution in [2.24, 2.45) is 5.92 Å². The van der Waals surface area contributed by atoms with Gasteiger partial charge in [0.05, 0.1) is 11.0 Å². The predicted octanol–water partition coefficient (Wildman–Crippen LogP) is 1.70. The molecule has 2 aliphatic rings. The topological polar surface area (TPSA) is 37.4 Å². The molecule has 0 radical (unpaired) electrons. The lowest BCUT2D eigenvalue weighted by Crippen LogP contribution is -2.35. The van der Waals surface area contributed by atoms with E-state index < -0.39 is 9.84 Å². The van der Waals surface area contributed by atoms with E-state index in [4.69, 9.17) is 0 Å². The maximum Gasteiger partial charge on any atom is 0.154 e. The lowest BCUT2D eigenvalue weighted by atomic mass is 10.0. The van der Waals surface area contributed by atoms with Crippen molar-refractivity contribution in [3.8, 4) is 0 Å². The number of nitrogens with zero attached hydrogens (tertiary/aromatic N) is 1. The highest BCUT2D eigenvalue weighted by molar-refractivity contribution is 7.92. The molecule has 0 unspecified atom stereocenters. The Morgan fingerprint density at radius 2 is 1.94 bits per heavy atom. The third-order valence-corrected chi connectivity index (χ3v) is 6.48. The second kappa shape index (κ2) is 4.67. The van der Waals surface area contributed by atoms with E-state index in [9.17, 15) is 8.42 Å². The van der Waals surface area contributed by atoms with E-state index in [0.717, 1.165) is 32.5 Å². The van der Waals surface area contributed by atoms with Crippen LogP contribution < -0.4 is 0 Å². The molecule has 98 valence electrons. The van der Waals surface area contributed by atoms with Crippen molar-refractivity contribution in [1.82, 2.24) is 4.90 Å². The number of rotatable bonds is 2. The quantitative estimate of drug-likeness (QED) is 0.816. The number of fused-ring (bicyclic) bond motifs is 1. The highest BCUT2D eigenvalue weighted by atomic mass is 32.2. The van der Waals surface area contributed by atoms with Crippen LogP contribution in [-0.4, -0.2) is 37.4 Å². The lowest BCUT2D eigenvalue weighted by Gasteiger charge is -2.23. The fourth-order valence-electron chi connectivity index (χ4n) is 3.28. The van der Waals surface area contributed by atoms with E-state index in [1.165, 1.54) is 5.56 Å². The second-order valence-electron chi connectivity index (χ2n) is 5.49. The summed E-state index contributed by atoms with van der Waals surface area (Å²) in [4.78, 5) is 2.30. The summed E-state index contributed by atoms with van der Waals surface area (Å²) < 4.78 is 24.1. The van der Waals surface area contributed by atoms with Gasteiger partial charge in [-0.15, -0.1) is 0 Å². The highest BCUT2D eigenvalue weighted by Crippen LogP contribution is 2.33. The average Bonchev–Trinajstić information content (AvgIpc) is 2.74. The summed E-state index contributed by atoms with van der Waals surface area (Å²) in [6.45, 7) is 2.55. The molecule has 3 rings (SSSR count). The molecule has 0 aliphatic carbocycles. The third kappa shape index (κ3) is 2.31. The zero-order valence-corrected chi connectivity index (χ0v) is 11.3. The average molecular weight is 265 g/mol. The Bertz CT molecular complexity index is 512. The first-order valence-electron chi connectivity index (χ1n) is 6.63. The number of benzene rings is 1. The Balaban J connectivity index is 1.71. The van der Waals surface area contributed by atoms with Crippen molar-refractivity contribution in [2.45, 2.75) is 24.6 Å². The van der Waals surface area contributed by atoms with Gasteiger partial charge in [0.25, 0.3) is 0 Å². The molecule has 0 aromatic heterocycles. The van der Waals surface area contributed by atoms with Gasteiger partial charge < -0.3 is 0 Å². The molecule has 1 aromatic carbocycles. The first kappa shape index (κ1) is 12.2. The number of hydrogen-bond acceptors (Lipinski definition) is 3. The Labute approximate surface area is 109 Å². The minimum atomic E-state index is -2.83. The molecule has 18 heavy (non-hydrogen) atoms. The molecule has 2 aliphatic heterocycles. The Morgan fingerprint density at radius 1 is 1.17 bits per heavy atom. The lowest BCUT2D eigenvalue weighted by molar-refractivity contribution is 0.313. The van der Waals surface area contributed by atoms with Crippen LogP contribution >= 0.6 is 0 Å². The Morgan fingerprint density at radius 3 is 2.67 bits per heavy atom. The van der Waals surface area contributed by atoms with E-state index in [0.29, 0.717) is 11.7 Å². The fourth-order valence-corrected chi connectivity index (χ4v) is 5.40. The first-order chi connectivity index (χ1) is 8.65. The van der Waals surface area contributed by atoms with Crippen LogP contribution in [0.1, 0.15) is 18.4 Å². The number of hydrogen-bond donors (Lipinski definition) is 0. The standard InChI is InChI=1S/C14H19NO2S/c16-18(17)8-4-7-13-10-15(11-14(13)18)9-12-5-2-1-3-6-12/h1-3,5-6,13-14H,4,7-11H2/t13-,14+/m1/s1. The van der Waals surface area contributed by atoms with Crippen LogP contribution in [0.2, 0.25) is 0 Å². The van der Waals surface area contributed by atoms with Gasteiger partial charge >= 0.3 is 0 Å².